The summed E-state index contributed by atoms with van der Waals surface area (Å²) in [7, 11) is 0. The van der Waals surface area contributed by atoms with Crippen molar-refractivity contribution in [3.63, 3.8) is 0 Å². The molecule has 2 N–H and O–H groups in total. The van der Waals surface area contributed by atoms with Crippen molar-refractivity contribution >= 4 is 29.3 Å². The largest absolute Gasteiger partial charge is 0.480 e. The Hall–Kier alpha value is -3.13. The molecule has 0 spiro atoms. The van der Waals surface area contributed by atoms with Gasteiger partial charge in [0.05, 0.1) is 18.3 Å². The van der Waals surface area contributed by atoms with E-state index in [2.05, 4.69) is 15.5 Å². The van der Waals surface area contributed by atoms with E-state index in [4.69, 9.17) is 16.7 Å². The van der Waals surface area contributed by atoms with Gasteiger partial charge in [0.2, 0.25) is 0 Å². The van der Waals surface area contributed by atoms with E-state index in [9.17, 15) is 9.59 Å². The molecule has 0 saturated heterocycles. The van der Waals surface area contributed by atoms with Gasteiger partial charge in [-0.15, -0.1) is 0 Å². The van der Waals surface area contributed by atoms with Crippen LogP contribution in [0.2, 0.25) is 5.02 Å². The molecule has 2 aromatic heterocycles. The van der Waals surface area contributed by atoms with Crippen LogP contribution < -0.4 is 5.32 Å². The summed E-state index contributed by atoms with van der Waals surface area (Å²) in [6.07, 6.45) is 4.30. The van der Waals surface area contributed by atoms with E-state index in [1.165, 1.54) is 29.6 Å². The van der Waals surface area contributed by atoms with Crippen molar-refractivity contribution in [2.24, 2.45) is 0 Å². The zero-order valence-electron chi connectivity index (χ0n) is 14.8. The normalized spacial score (nSPS) is 12.0. The average Bonchev–Trinajstić information content (AvgIpc) is 3.24. The topological polar surface area (TPSA) is 102 Å². The second-order valence-electron chi connectivity index (χ2n) is 6.19. The van der Waals surface area contributed by atoms with Gasteiger partial charge in [0.25, 0.3) is 5.91 Å². The summed E-state index contributed by atoms with van der Waals surface area (Å²) < 4.78 is 2.84. The second-order valence-corrected chi connectivity index (χ2v) is 6.59. The third kappa shape index (κ3) is 4.35. The number of benzene rings is 1. The summed E-state index contributed by atoms with van der Waals surface area (Å²) >= 11 is 6.17. The van der Waals surface area contributed by atoms with Gasteiger partial charge in [-0.2, -0.15) is 10.2 Å². The number of aliphatic carboxylic acids is 1. The van der Waals surface area contributed by atoms with Crippen LogP contribution in [0, 0.1) is 6.92 Å². The van der Waals surface area contributed by atoms with Crippen molar-refractivity contribution in [2.75, 3.05) is 5.32 Å². The summed E-state index contributed by atoms with van der Waals surface area (Å²) in [6, 6.07) is 7.16. The number of carbonyl (C=O) groups is 2. The number of rotatable bonds is 6. The maximum absolute atomic E-state index is 12.4. The first-order valence-corrected chi connectivity index (χ1v) is 8.58. The molecule has 0 fully saturated rings. The van der Waals surface area contributed by atoms with E-state index >= 15 is 0 Å². The molecular formula is C18H18ClN5O3. The molecular weight excluding hydrogens is 370 g/mol. The number of anilines is 1. The number of carboxylic acid groups (broad SMARTS) is 1. The zero-order valence-corrected chi connectivity index (χ0v) is 15.5. The first kappa shape index (κ1) is 18.7. The number of amides is 1. The molecule has 9 heteroatoms. The number of nitrogens with zero attached hydrogens (tertiary/aromatic N) is 4. The highest BCUT2D eigenvalue weighted by Gasteiger charge is 2.18. The molecule has 8 nitrogen and oxygen atoms in total. The number of aryl methyl sites for hydroxylation is 1. The lowest BCUT2D eigenvalue weighted by Gasteiger charge is -2.05. The number of hydrogen-bond acceptors (Lipinski definition) is 4. The summed E-state index contributed by atoms with van der Waals surface area (Å²) in [5.41, 5.74) is 2.44. The molecule has 1 aromatic carbocycles. The number of nitrogens with one attached hydrogen (secondary N) is 1. The highest BCUT2D eigenvalue weighted by molar-refractivity contribution is 6.33. The molecule has 0 aliphatic heterocycles. The van der Waals surface area contributed by atoms with Gasteiger partial charge in [0, 0.05) is 12.4 Å². The van der Waals surface area contributed by atoms with E-state index in [0.717, 1.165) is 5.56 Å². The first-order chi connectivity index (χ1) is 12.8. The molecule has 1 amide bonds. The Morgan fingerprint density at radius 2 is 1.96 bits per heavy atom. The van der Waals surface area contributed by atoms with Crippen molar-refractivity contribution in [3.05, 3.63) is 64.6 Å². The Labute approximate surface area is 160 Å². The number of carboxylic acids is 1. The quantitative estimate of drug-likeness (QED) is 0.677. The van der Waals surface area contributed by atoms with Crippen molar-refractivity contribution in [1.82, 2.24) is 19.6 Å². The van der Waals surface area contributed by atoms with Gasteiger partial charge in [-0.05, 0) is 19.4 Å². The third-order valence-electron chi connectivity index (χ3n) is 4.03. The summed E-state index contributed by atoms with van der Waals surface area (Å²) in [6.45, 7) is 4.01. The van der Waals surface area contributed by atoms with Crippen molar-refractivity contribution in [3.8, 4) is 0 Å². The predicted octanol–water partition coefficient (Wildman–Crippen LogP) is 2.99. The van der Waals surface area contributed by atoms with Crippen molar-refractivity contribution in [1.29, 1.82) is 0 Å². The van der Waals surface area contributed by atoms with Gasteiger partial charge in [-0.25, -0.2) is 4.79 Å². The second kappa shape index (κ2) is 7.63. The lowest BCUT2D eigenvalue weighted by atomic mass is 10.1. The monoisotopic (exact) mass is 387 g/mol. The molecule has 3 rings (SSSR count). The van der Waals surface area contributed by atoms with Gasteiger partial charge < -0.3 is 10.4 Å². The molecule has 1 unspecified atom stereocenters. The smallest absolute Gasteiger partial charge is 0.328 e. The Balaban J connectivity index is 1.70. The Bertz CT molecular complexity index is 977. The maximum atomic E-state index is 12.4. The minimum atomic E-state index is -1.04. The van der Waals surface area contributed by atoms with Gasteiger partial charge in [-0.1, -0.05) is 41.4 Å². The van der Waals surface area contributed by atoms with Gasteiger partial charge >= 0.3 is 5.97 Å². The standard InChI is InChI=1S/C18H18ClN5O3/c1-11-3-5-13(6-4-11)8-23-10-15(19)16(22-23)21-17(25)14-7-20-24(9-14)12(2)18(26)27/h3-7,9-10,12H,8H2,1-2H3,(H,26,27)(H,21,22,25). The first-order valence-electron chi connectivity index (χ1n) is 8.20. The van der Waals surface area contributed by atoms with Gasteiger partial charge in [0.1, 0.15) is 11.1 Å². The molecule has 140 valence electrons. The van der Waals surface area contributed by atoms with Crippen LogP contribution in [0.1, 0.15) is 34.5 Å². The molecule has 27 heavy (non-hydrogen) atoms. The molecule has 0 radical (unpaired) electrons. The molecule has 1 atom stereocenters. The Kier molecular flexibility index (Phi) is 5.27. The van der Waals surface area contributed by atoms with E-state index in [1.54, 1.807) is 10.9 Å². The molecule has 0 saturated carbocycles. The molecule has 0 aliphatic carbocycles. The van der Waals surface area contributed by atoms with Crippen LogP contribution in [0.3, 0.4) is 0 Å². The number of hydrogen-bond donors (Lipinski definition) is 2. The Morgan fingerprint density at radius 1 is 1.26 bits per heavy atom. The van der Waals surface area contributed by atoms with E-state index in [-0.39, 0.29) is 11.4 Å². The average molecular weight is 388 g/mol. The molecule has 0 bridgehead atoms. The van der Waals surface area contributed by atoms with Crippen LogP contribution in [0.15, 0.2) is 42.9 Å². The minimum Gasteiger partial charge on any atom is -0.480 e. The Morgan fingerprint density at radius 3 is 2.63 bits per heavy atom. The lowest BCUT2D eigenvalue weighted by molar-refractivity contribution is -0.140. The van der Waals surface area contributed by atoms with Crippen LogP contribution in [0.4, 0.5) is 5.82 Å². The molecule has 2 heterocycles. The summed E-state index contributed by atoms with van der Waals surface area (Å²) in [5, 5.41) is 20.1. The van der Waals surface area contributed by atoms with Crippen LogP contribution in [0.25, 0.3) is 0 Å². The zero-order chi connectivity index (χ0) is 19.6. The molecule has 3 aromatic rings. The maximum Gasteiger partial charge on any atom is 0.328 e. The summed E-state index contributed by atoms with van der Waals surface area (Å²) in [5.74, 6) is -1.28. The van der Waals surface area contributed by atoms with E-state index in [0.29, 0.717) is 11.6 Å². The van der Waals surface area contributed by atoms with Crippen LogP contribution in [-0.2, 0) is 11.3 Å². The SMILES string of the molecule is Cc1ccc(Cn2cc(Cl)c(NC(=O)c3cnn(C(C)C(=O)O)c3)n2)cc1. The van der Waals surface area contributed by atoms with Gasteiger partial charge in [0.15, 0.2) is 5.82 Å². The number of aromatic nitrogens is 4. The lowest BCUT2D eigenvalue weighted by Crippen LogP contribution is -2.16. The fraction of sp³-hybridized carbons (Fsp3) is 0.222. The third-order valence-corrected chi connectivity index (χ3v) is 4.31. The van der Waals surface area contributed by atoms with E-state index < -0.39 is 17.9 Å². The molecule has 0 aliphatic rings. The predicted molar refractivity (Wildman–Crippen MR) is 100 cm³/mol. The summed E-state index contributed by atoms with van der Waals surface area (Å²) in [4.78, 5) is 23.4. The van der Waals surface area contributed by atoms with E-state index in [1.807, 2.05) is 31.2 Å². The van der Waals surface area contributed by atoms with Crippen molar-refractivity contribution < 1.29 is 14.7 Å². The fourth-order valence-electron chi connectivity index (χ4n) is 2.40. The van der Waals surface area contributed by atoms with Gasteiger partial charge in [-0.3, -0.25) is 14.2 Å². The van der Waals surface area contributed by atoms with Crippen LogP contribution in [0.5, 0.6) is 0 Å². The fourth-order valence-corrected chi connectivity index (χ4v) is 2.60. The highest BCUT2D eigenvalue weighted by atomic mass is 35.5. The highest BCUT2D eigenvalue weighted by Crippen LogP contribution is 2.21. The van der Waals surface area contributed by atoms with Crippen molar-refractivity contribution in [2.45, 2.75) is 26.4 Å². The van der Waals surface area contributed by atoms with Crippen LogP contribution >= 0.6 is 11.6 Å². The number of halogens is 1. The minimum absolute atomic E-state index is 0.215. The van der Waals surface area contributed by atoms with Crippen LogP contribution in [-0.4, -0.2) is 36.5 Å². The number of carbonyl (C=O) groups excluding carboxylic acids is 1.